The van der Waals surface area contributed by atoms with Crippen LogP contribution in [-0.2, 0) is 5.41 Å². The highest BCUT2D eigenvalue weighted by atomic mass is 16.5. The molecular weight excluding hydrogens is 226 g/mol. The topological polar surface area (TPSA) is 64.9 Å². The van der Waals surface area contributed by atoms with Gasteiger partial charge in [0, 0.05) is 11.1 Å². The normalized spacial score (nSPS) is 11.8. The average Bonchev–Trinajstić information content (AvgIpc) is 2.71. The number of hydrogen-bond donors (Lipinski definition) is 1. The van der Waals surface area contributed by atoms with E-state index in [-0.39, 0.29) is 5.41 Å². The van der Waals surface area contributed by atoms with Crippen LogP contribution in [0.15, 0.2) is 16.7 Å². The van der Waals surface area contributed by atoms with Crippen molar-refractivity contribution in [1.29, 1.82) is 0 Å². The van der Waals surface area contributed by atoms with E-state index in [2.05, 4.69) is 10.1 Å². The van der Waals surface area contributed by atoms with Crippen molar-refractivity contribution in [2.24, 2.45) is 0 Å². The van der Waals surface area contributed by atoms with Gasteiger partial charge in [-0.15, -0.1) is 0 Å². The number of nitrogens with two attached hydrogens (primary N) is 1. The standard InChI is InChI=1S/C14H19N3O/c1-8-6-9(2)11(15)10(7-8)12-16-13(17-18-12)14(3,4)5/h6-7H,15H2,1-5H3. The lowest BCUT2D eigenvalue weighted by Crippen LogP contribution is -2.13. The van der Waals surface area contributed by atoms with Gasteiger partial charge in [0.25, 0.3) is 5.89 Å². The highest BCUT2D eigenvalue weighted by molar-refractivity contribution is 5.74. The number of hydrogen-bond acceptors (Lipinski definition) is 4. The maximum Gasteiger partial charge on any atom is 0.260 e. The first kappa shape index (κ1) is 12.6. The smallest absolute Gasteiger partial charge is 0.260 e. The second kappa shape index (κ2) is 4.12. The fraction of sp³-hybridized carbons (Fsp3) is 0.429. The van der Waals surface area contributed by atoms with E-state index in [0.717, 1.165) is 16.7 Å². The first-order chi connectivity index (χ1) is 8.29. The highest BCUT2D eigenvalue weighted by Gasteiger charge is 2.22. The Hall–Kier alpha value is -1.84. The summed E-state index contributed by atoms with van der Waals surface area (Å²) in [6, 6.07) is 4.02. The van der Waals surface area contributed by atoms with Crippen molar-refractivity contribution < 1.29 is 4.52 Å². The SMILES string of the molecule is Cc1cc(C)c(N)c(-c2nc(C(C)(C)C)no2)c1. The largest absolute Gasteiger partial charge is 0.398 e. The molecule has 0 spiro atoms. The zero-order chi connectivity index (χ0) is 13.5. The molecule has 0 fully saturated rings. The minimum Gasteiger partial charge on any atom is -0.398 e. The summed E-state index contributed by atoms with van der Waals surface area (Å²) in [6.07, 6.45) is 0. The Morgan fingerprint density at radius 1 is 1.17 bits per heavy atom. The summed E-state index contributed by atoms with van der Waals surface area (Å²) in [7, 11) is 0. The third kappa shape index (κ3) is 2.23. The molecule has 2 aromatic rings. The predicted octanol–water partition coefficient (Wildman–Crippen LogP) is 3.23. The quantitative estimate of drug-likeness (QED) is 0.783. The van der Waals surface area contributed by atoms with E-state index in [0.29, 0.717) is 17.4 Å². The fourth-order valence-corrected chi connectivity index (χ4v) is 1.79. The van der Waals surface area contributed by atoms with Crippen molar-refractivity contribution in [1.82, 2.24) is 10.1 Å². The number of anilines is 1. The van der Waals surface area contributed by atoms with Crippen LogP contribution in [0.5, 0.6) is 0 Å². The molecule has 0 aliphatic heterocycles. The van der Waals surface area contributed by atoms with Crippen LogP contribution in [-0.4, -0.2) is 10.1 Å². The maximum atomic E-state index is 6.07. The molecule has 0 unspecified atom stereocenters. The molecule has 96 valence electrons. The van der Waals surface area contributed by atoms with Gasteiger partial charge in [-0.2, -0.15) is 4.98 Å². The second-order valence-electron chi connectivity index (χ2n) is 5.72. The molecule has 2 rings (SSSR count). The third-order valence-electron chi connectivity index (χ3n) is 2.86. The van der Waals surface area contributed by atoms with Gasteiger partial charge < -0.3 is 10.3 Å². The molecule has 1 aromatic heterocycles. The summed E-state index contributed by atoms with van der Waals surface area (Å²) in [5.74, 6) is 1.18. The van der Waals surface area contributed by atoms with Gasteiger partial charge in [-0.25, -0.2) is 0 Å². The van der Waals surface area contributed by atoms with Crippen molar-refractivity contribution >= 4 is 5.69 Å². The number of nitrogens with zero attached hydrogens (tertiary/aromatic N) is 2. The van der Waals surface area contributed by atoms with Crippen LogP contribution in [0, 0.1) is 13.8 Å². The second-order valence-corrected chi connectivity index (χ2v) is 5.72. The van der Waals surface area contributed by atoms with E-state index >= 15 is 0 Å². The van der Waals surface area contributed by atoms with E-state index in [4.69, 9.17) is 10.3 Å². The summed E-state index contributed by atoms with van der Waals surface area (Å²) >= 11 is 0. The Morgan fingerprint density at radius 3 is 2.39 bits per heavy atom. The van der Waals surface area contributed by atoms with Crippen molar-refractivity contribution in [3.63, 3.8) is 0 Å². The highest BCUT2D eigenvalue weighted by Crippen LogP contribution is 2.30. The van der Waals surface area contributed by atoms with Gasteiger partial charge in [-0.1, -0.05) is 32.0 Å². The van der Waals surface area contributed by atoms with Crippen LogP contribution < -0.4 is 5.73 Å². The van der Waals surface area contributed by atoms with Crippen molar-refractivity contribution in [2.75, 3.05) is 5.73 Å². The van der Waals surface area contributed by atoms with Gasteiger partial charge >= 0.3 is 0 Å². The van der Waals surface area contributed by atoms with E-state index in [1.807, 2.05) is 46.8 Å². The van der Waals surface area contributed by atoms with E-state index < -0.39 is 0 Å². The van der Waals surface area contributed by atoms with Gasteiger partial charge in [-0.05, 0) is 31.0 Å². The van der Waals surface area contributed by atoms with Crippen LogP contribution in [0.1, 0.15) is 37.7 Å². The van der Waals surface area contributed by atoms with Gasteiger partial charge in [-0.3, -0.25) is 0 Å². The summed E-state index contributed by atoms with van der Waals surface area (Å²) in [5.41, 5.74) is 9.62. The third-order valence-corrected chi connectivity index (χ3v) is 2.86. The number of aromatic nitrogens is 2. The number of nitrogen functional groups attached to an aromatic ring is 1. The molecule has 0 aliphatic rings. The molecule has 18 heavy (non-hydrogen) atoms. The first-order valence-electron chi connectivity index (χ1n) is 6.00. The molecule has 0 aliphatic carbocycles. The monoisotopic (exact) mass is 245 g/mol. The van der Waals surface area contributed by atoms with E-state index in [9.17, 15) is 0 Å². The maximum absolute atomic E-state index is 6.07. The minimum atomic E-state index is -0.130. The van der Waals surface area contributed by atoms with Crippen LogP contribution in [0.25, 0.3) is 11.5 Å². The molecule has 0 saturated carbocycles. The Kier molecular flexibility index (Phi) is 2.89. The molecule has 4 heteroatoms. The average molecular weight is 245 g/mol. The Morgan fingerprint density at radius 2 is 1.83 bits per heavy atom. The zero-order valence-electron chi connectivity index (χ0n) is 11.5. The van der Waals surface area contributed by atoms with Crippen LogP contribution in [0.2, 0.25) is 0 Å². The molecular formula is C14H19N3O. The van der Waals surface area contributed by atoms with Crippen LogP contribution in [0.3, 0.4) is 0 Å². The Labute approximate surface area is 107 Å². The summed E-state index contributed by atoms with van der Waals surface area (Å²) < 4.78 is 5.33. The molecule has 0 radical (unpaired) electrons. The minimum absolute atomic E-state index is 0.130. The summed E-state index contributed by atoms with van der Waals surface area (Å²) in [5, 5.41) is 4.02. The lowest BCUT2D eigenvalue weighted by molar-refractivity contribution is 0.402. The van der Waals surface area contributed by atoms with Gasteiger partial charge in [0.15, 0.2) is 5.82 Å². The Balaban J connectivity index is 2.53. The van der Waals surface area contributed by atoms with E-state index in [1.165, 1.54) is 0 Å². The molecule has 0 bridgehead atoms. The van der Waals surface area contributed by atoms with Crippen molar-refractivity contribution in [3.8, 4) is 11.5 Å². The number of aryl methyl sites for hydroxylation is 2. The lowest BCUT2D eigenvalue weighted by Gasteiger charge is -2.11. The van der Waals surface area contributed by atoms with Gasteiger partial charge in [0.1, 0.15) is 0 Å². The molecule has 0 atom stereocenters. The molecule has 4 nitrogen and oxygen atoms in total. The van der Waals surface area contributed by atoms with E-state index in [1.54, 1.807) is 0 Å². The zero-order valence-corrected chi connectivity index (χ0v) is 11.5. The van der Waals surface area contributed by atoms with Gasteiger partial charge in [0.05, 0.1) is 5.56 Å². The van der Waals surface area contributed by atoms with Crippen LogP contribution >= 0.6 is 0 Å². The summed E-state index contributed by atoms with van der Waals surface area (Å²) in [4.78, 5) is 4.44. The first-order valence-corrected chi connectivity index (χ1v) is 6.00. The molecule has 1 heterocycles. The van der Waals surface area contributed by atoms with Crippen molar-refractivity contribution in [2.45, 2.75) is 40.0 Å². The van der Waals surface area contributed by atoms with Gasteiger partial charge in [0.2, 0.25) is 0 Å². The van der Waals surface area contributed by atoms with Crippen LogP contribution in [0.4, 0.5) is 5.69 Å². The number of benzene rings is 1. The molecule has 0 saturated heterocycles. The Bertz CT molecular complexity index is 579. The molecule has 1 aromatic carbocycles. The lowest BCUT2D eigenvalue weighted by atomic mass is 9.96. The fourth-order valence-electron chi connectivity index (χ4n) is 1.79. The predicted molar refractivity (Wildman–Crippen MR) is 72.3 cm³/mol. The molecule has 2 N–H and O–H groups in total. The summed E-state index contributed by atoms with van der Waals surface area (Å²) in [6.45, 7) is 10.1. The number of rotatable bonds is 1. The van der Waals surface area contributed by atoms with Crippen molar-refractivity contribution in [3.05, 3.63) is 29.1 Å². The molecule has 0 amide bonds.